The maximum absolute atomic E-state index is 12.2. The molecule has 0 bridgehead atoms. The van der Waals surface area contributed by atoms with Gasteiger partial charge in [0.1, 0.15) is 0 Å². The summed E-state index contributed by atoms with van der Waals surface area (Å²) in [6, 6.07) is 14.6. The Labute approximate surface area is 124 Å². The van der Waals surface area contributed by atoms with Gasteiger partial charge in [-0.05, 0) is 41.6 Å². The minimum Gasteiger partial charge on any atom is -0.348 e. The number of carbonyl (C=O) groups is 1. The van der Waals surface area contributed by atoms with Crippen molar-refractivity contribution in [1.82, 2.24) is 5.32 Å². The highest BCUT2D eigenvalue weighted by Gasteiger charge is 2.28. The number of amides is 1. The number of hydrogen-bond acceptors (Lipinski definition) is 2. The standard InChI is InChI=1S/C15H12F3NOS/c16-15(17,18)21-13-8-6-11(7-9-13)10-19-14(20)12-4-2-1-3-5-12/h1-9H,10H2,(H,19,20). The van der Waals surface area contributed by atoms with Gasteiger partial charge in [-0.15, -0.1) is 0 Å². The van der Waals surface area contributed by atoms with Gasteiger partial charge >= 0.3 is 5.51 Å². The van der Waals surface area contributed by atoms with Crippen molar-refractivity contribution in [2.24, 2.45) is 0 Å². The van der Waals surface area contributed by atoms with Crippen molar-refractivity contribution in [2.75, 3.05) is 0 Å². The van der Waals surface area contributed by atoms with E-state index in [4.69, 9.17) is 0 Å². The largest absolute Gasteiger partial charge is 0.446 e. The van der Waals surface area contributed by atoms with E-state index in [9.17, 15) is 18.0 Å². The molecule has 0 aliphatic heterocycles. The zero-order valence-electron chi connectivity index (χ0n) is 10.9. The molecule has 0 fully saturated rings. The Kier molecular flexibility index (Phi) is 4.90. The topological polar surface area (TPSA) is 29.1 Å². The quantitative estimate of drug-likeness (QED) is 0.856. The second kappa shape index (κ2) is 6.67. The van der Waals surface area contributed by atoms with Crippen molar-refractivity contribution in [1.29, 1.82) is 0 Å². The first-order valence-electron chi connectivity index (χ1n) is 6.12. The first kappa shape index (κ1) is 15.4. The fraction of sp³-hybridized carbons (Fsp3) is 0.133. The van der Waals surface area contributed by atoms with Gasteiger partial charge in [-0.2, -0.15) is 13.2 Å². The SMILES string of the molecule is O=C(NCc1ccc(SC(F)(F)F)cc1)c1ccccc1. The molecule has 2 aromatic rings. The summed E-state index contributed by atoms with van der Waals surface area (Å²) in [6.07, 6.45) is 0. The van der Waals surface area contributed by atoms with E-state index in [1.165, 1.54) is 12.1 Å². The van der Waals surface area contributed by atoms with Gasteiger partial charge in [0.25, 0.3) is 5.91 Å². The molecule has 0 aliphatic rings. The number of nitrogens with one attached hydrogen (secondary N) is 1. The van der Waals surface area contributed by atoms with E-state index >= 15 is 0 Å². The van der Waals surface area contributed by atoms with Crippen molar-refractivity contribution in [3.63, 3.8) is 0 Å². The van der Waals surface area contributed by atoms with Crippen molar-refractivity contribution >= 4 is 17.7 Å². The van der Waals surface area contributed by atoms with Crippen LogP contribution in [0.3, 0.4) is 0 Å². The second-order valence-electron chi connectivity index (χ2n) is 4.24. The molecule has 0 atom stereocenters. The molecular weight excluding hydrogens is 299 g/mol. The van der Waals surface area contributed by atoms with Gasteiger partial charge < -0.3 is 5.32 Å². The van der Waals surface area contributed by atoms with Crippen LogP contribution in [0.25, 0.3) is 0 Å². The predicted molar refractivity (Wildman–Crippen MR) is 76.0 cm³/mol. The molecular formula is C15H12F3NOS. The molecule has 1 amide bonds. The summed E-state index contributed by atoms with van der Waals surface area (Å²) >= 11 is -0.157. The zero-order chi connectivity index (χ0) is 15.3. The van der Waals surface area contributed by atoms with Crippen LogP contribution in [0.1, 0.15) is 15.9 Å². The van der Waals surface area contributed by atoms with E-state index in [0.717, 1.165) is 5.56 Å². The minimum atomic E-state index is -4.29. The number of thioether (sulfide) groups is 1. The first-order chi connectivity index (χ1) is 9.94. The van der Waals surface area contributed by atoms with Gasteiger partial charge in [0.2, 0.25) is 0 Å². The van der Waals surface area contributed by atoms with Crippen molar-refractivity contribution in [3.8, 4) is 0 Å². The molecule has 1 N–H and O–H groups in total. The highest BCUT2D eigenvalue weighted by Crippen LogP contribution is 2.36. The summed E-state index contributed by atoms with van der Waals surface area (Å²) in [5.74, 6) is -0.218. The van der Waals surface area contributed by atoms with Crippen LogP contribution in [-0.2, 0) is 6.54 Å². The summed E-state index contributed by atoms with van der Waals surface area (Å²) in [5.41, 5.74) is -3.00. The molecule has 0 unspecified atom stereocenters. The van der Waals surface area contributed by atoms with Gasteiger partial charge in [-0.1, -0.05) is 30.3 Å². The van der Waals surface area contributed by atoms with E-state index in [1.54, 1.807) is 36.4 Å². The lowest BCUT2D eigenvalue weighted by atomic mass is 10.2. The van der Waals surface area contributed by atoms with Crippen LogP contribution in [0.4, 0.5) is 13.2 Å². The lowest BCUT2D eigenvalue weighted by Crippen LogP contribution is -2.22. The van der Waals surface area contributed by atoms with Crippen LogP contribution in [0, 0.1) is 0 Å². The van der Waals surface area contributed by atoms with Crippen LogP contribution in [0.2, 0.25) is 0 Å². The third-order valence-corrected chi connectivity index (χ3v) is 3.39. The van der Waals surface area contributed by atoms with Crippen molar-refractivity contribution in [2.45, 2.75) is 16.9 Å². The van der Waals surface area contributed by atoms with Crippen LogP contribution in [-0.4, -0.2) is 11.4 Å². The Morgan fingerprint density at radius 2 is 1.62 bits per heavy atom. The number of hydrogen-bond donors (Lipinski definition) is 1. The third kappa shape index (κ3) is 5.15. The van der Waals surface area contributed by atoms with E-state index in [2.05, 4.69) is 5.32 Å². The number of halogens is 3. The molecule has 0 saturated carbocycles. The molecule has 2 nitrogen and oxygen atoms in total. The van der Waals surface area contributed by atoms with E-state index in [0.29, 0.717) is 5.56 Å². The fourth-order valence-electron chi connectivity index (χ4n) is 1.68. The summed E-state index contributed by atoms with van der Waals surface area (Å²) in [7, 11) is 0. The average molecular weight is 311 g/mol. The van der Waals surface area contributed by atoms with E-state index in [-0.39, 0.29) is 29.1 Å². The fourth-order valence-corrected chi connectivity index (χ4v) is 2.22. The van der Waals surface area contributed by atoms with Crippen molar-refractivity contribution in [3.05, 3.63) is 65.7 Å². The van der Waals surface area contributed by atoms with E-state index < -0.39 is 5.51 Å². The van der Waals surface area contributed by atoms with Gasteiger partial charge in [-0.3, -0.25) is 4.79 Å². The molecule has 2 aromatic carbocycles. The highest BCUT2D eigenvalue weighted by molar-refractivity contribution is 8.00. The van der Waals surface area contributed by atoms with Crippen LogP contribution >= 0.6 is 11.8 Å². The Hall–Kier alpha value is -1.95. The molecule has 0 saturated heterocycles. The summed E-state index contributed by atoms with van der Waals surface area (Å²) in [5, 5.41) is 2.71. The molecule has 110 valence electrons. The Morgan fingerprint density at radius 3 is 2.19 bits per heavy atom. The van der Waals surface area contributed by atoms with Gasteiger partial charge in [0.05, 0.1) is 0 Å². The molecule has 21 heavy (non-hydrogen) atoms. The smallest absolute Gasteiger partial charge is 0.348 e. The molecule has 2 rings (SSSR count). The Bertz CT molecular complexity index is 597. The second-order valence-corrected chi connectivity index (χ2v) is 5.38. The predicted octanol–water partition coefficient (Wildman–Crippen LogP) is 4.23. The average Bonchev–Trinajstić information content (AvgIpc) is 2.45. The van der Waals surface area contributed by atoms with Crippen LogP contribution < -0.4 is 5.32 Å². The lowest BCUT2D eigenvalue weighted by molar-refractivity contribution is -0.0328. The Balaban J connectivity index is 1.91. The molecule has 0 aliphatic carbocycles. The molecule has 0 spiro atoms. The van der Waals surface area contributed by atoms with Crippen LogP contribution in [0.15, 0.2) is 59.5 Å². The molecule has 6 heteroatoms. The lowest BCUT2D eigenvalue weighted by Gasteiger charge is -2.08. The monoisotopic (exact) mass is 311 g/mol. The number of carbonyl (C=O) groups excluding carboxylic acids is 1. The number of rotatable bonds is 4. The van der Waals surface area contributed by atoms with Crippen molar-refractivity contribution < 1.29 is 18.0 Å². The number of alkyl halides is 3. The van der Waals surface area contributed by atoms with Gasteiger partial charge in [0, 0.05) is 17.0 Å². The summed E-state index contributed by atoms with van der Waals surface area (Å²) in [6.45, 7) is 0.269. The third-order valence-electron chi connectivity index (χ3n) is 2.65. The minimum absolute atomic E-state index is 0.126. The summed E-state index contributed by atoms with van der Waals surface area (Å²) in [4.78, 5) is 11.9. The highest BCUT2D eigenvalue weighted by atomic mass is 32.2. The first-order valence-corrected chi connectivity index (χ1v) is 6.93. The Morgan fingerprint density at radius 1 is 1.00 bits per heavy atom. The molecule has 0 aromatic heterocycles. The maximum Gasteiger partial charge on any atom is 0.446 e. The van der Waals surface area contributed by atoms with Gasteiger partial charge in [0.15, 0.2) is 0 Å². The molecule has 0 radical (unpaired) electrons. The maximum atomic E-state index is 12.2. The molecule has 0 heterocycles. The number of benzene rings is 2. The van der Waals surface area contributed by atoms with E-state index in [1.807, 2.05) is 6.07 Å². The van der Waals surface area contributed by atoms with Crippen LogP contribution in [0.5, 0.6) is 0 Å². The summed E-state index contributed by atoms with van der Waals surface area (Å²) < 4.78 is 36.6. The normalized spacial score (nSPS) is 11.2. The zero-order valence-corrected chi connectivity index (χ0v) is 11.7. The van der Waals surface area contributed by atoms with Gasteiger partial charge in [-0.25, -0.2) is 0 Å².